The van der Waals surface area contributed by atoms with Gasteiger partial charge in [0.05, 0.1) is 0 Å². The molecular weight excluding hydrogens is 196 g/mol. The van der Waals surface area contributed by atoms with Crippen LogP contribution >= 0.6 is 12.6 Å². The molecule has 0 aliphatic heterocycles. The van der Waals surface area contributed by atoms with E-state index in [4.69, 9.17) is 0 Å². The molecule has 1 aromatic heterocycles. The lowest BCUT2D eigenvalue weighted by Crippen LogP contribution is -2.29. The first-order valence-corrected chi connectivity index (χ1v) is 5.14. The molecule has 1 amide bonds. The molecule has 4 heteroatoms. The summed E-state index contributed by atoms with van der Waals surface area (Å²) in [5.74, 6) is 0.553. The third-order valence-corrected chi connectivity index (χ3v) is 2.46. The van der Waals surface area contributed by atoms with E-state index >= 15 is 0 Å². The Kier molecular flexibility index (Phi) is 4.46. The summed E-state index contributed by atoms with van der Waals surface area (Å²) in [5.41, 5.74) is 1.01. The van der Waals surface area contributed by atoms with E-state index < -0.39 is 0 Å². The summed E-state index contributed by atoms with van der Waals surface area (Å²) in [6.45, 7) is 2.39. The third kappa shape index (κ3) is 3.38. The van der Waals surface area contributed by atoms with Crippen molar-refractivity contribution in [3.63, 3.8) is 0 Å². The molecule has 0 aromatic carbocycles. The molecule has 76 valence electrons. The highest BCUT2D eigenvalue weighted by Gasteiger charge is 2.09. The van der Waals surface area contributed by atoms with E-state index in [1.165, 1.54) is 0 Å². The van der Waals surface area contributed by atoms with Gasteiger partial charge in [0.2, 0.25) is 5.91 Å². The average Bonchev–Trinajstić information content (AvgIpc) is 2.26. The fourth-order valence-corrected chi connectivity index (χ4v) is 1.11. The number of hydrogen-bond donors (Lipinski definition) is 2. The standard InChI is InChI=1S/C10H14N2OS/c1-8(7-14)10(13)12-6-9-3-2-4-11-5-9/h2-5,8,14H,6-7H2,1H3,(H,12,13). The van der Waals surface area contributed by atoms with Gasteiger partial charge in [0.25, 0.3) is 0 Å². The Bertz CT molecular complexity index is 289. The smallest absolute Gasteiger partial charge is 0.223 e. The van der Waals surface area contributed by atoms with Gasteiger partial charge in [-0.3, -0.25) is 9.78 Å². The van der Waals surface area contributed by atoms with Gasteiger partial charge in [-0.2, -0.15) is 12.6 Å². The number of rotatable bonds is 4. The predicted octanol–water partition coefficient (Wildman–Crippen LogP) is 1.26. The van der Waals surface area contributed by atoms with Crippen LogP contribution in [-0.2, 0) is 11.3 Å². The van der Waals surface area contributed by atoms with E-state index in [2.05, 4.69) is 22.9 Å². The zero-order valence-corrected chi connectivity index (χ0v) is 9.00. The Morgan fingerprint density at radius 2 is 2.50 bits per heavy atom. The van der Waals surface area contributed by atoms with Crippen molar-refractivity contribution in [2.75, 3.05) is 5.75 Å². The quantitative estimate of drug-likeness (QED) is 0.735. The fourth-order valence-electron chi connectivity index (χ4n) is 0.949. The number of pyridine rings is 1. The van der Waals surface area contributed by atoms with Crippen LogP contribution in [0.1, 0.15) is 12.5 Å². The lowest BCUT2D eigenvalue weighted by Gasteiger charge is -2.08. The maximum Gasteiger partial charge on any atom is 0.223 e. The molecule has 0 aliphatic carbocycles. The second kappa shape index (κ2) is 5.65. The second-order valence-corrected chi connectivity index (χ2v) is 3.53. The summed E-state index contributed by atoms with van der Waals surface area (Å²) in [6, 6.07) is 3.78. The van der Waals surface area contributed by atoms with Crippen LogP contribution in [0.15, 0.2) is 24.5 Å². The SMILES string of the molecule is CC(CS)C(=O)NCc1cccnc1. The molecule has 0 radical (unpaired) electrons. The van der Waals surface area contributed by atoms with Crippen LogP contribution in [-0.4, -0.2) is 16.6 Å². The predicted molar refractivity (Wildman–Crippen MR) is 59.1 cm³/mol. The van der Waals surface area contributed by atoms with Gasteiger partial charge in [0.15, 0.2) is 0 Å². The van der Waals surface area contributed by atoms with Crippen molar-refractivity contribution < 1.29 is 4.79 Å². The maximum absolute atomic E-state index is 11.4. The molecule has 0 bridgehead atoms. The topological polar surface area (TPSA) is 42.0 Å². The van der Waals surface area contributed by atoms with Crippen molar-refractivity contribution in [1.29, 1.82) is 0 Å². The molecule has 1 N–H and O–H groups in total. The van der Waals surface area contributed by atoms with Crippen LogP contribution < -0.4 is 5.32 Å². The molecule has 3 nitrogen and oxygen atoms in total. The van der Waals surface area contributed by atoms with Crippen LogP contribution in [0.4, 0.5) is 0 Å². The molecule has 0 saturated heterocycles. The summed E-state index contributed by atoms with van der Waals surface area (Å²) in [7, 11) is 0. The first-order chi connectivity index (χ1) is 6.74. The van der Waals surface area contributed by atoms with Gasteiger partial charge in [-0.15, -0.1) is 0 Å². The Balaban J connectivity index is 2.38. The van der Waals surface area contributed by atoms with Gasteiger partial charge in [0.1, 0.15) is 0 Å². The van der Waals surface area contributed by atoms with Crippen LogP contribution in [0.2, 0.25) is 0 Å². The molecule has 0 fully saturated rings. The number of carbonyl (C=O) groups is 1. The summed E-state index contributed by atoms with van der Waals surface area (Å²) in [4.78, 5) is 15.3. The lowest BCUT2D eigenvalue weighted by atomic mass is 10.2. The molecule has 1 heterocycles. The minimum Gasteiger partial charge on any atom is -0.352 e. The molecular formula is C10H14N2OS. The van der Waals surface area contributed by atoms with Crippen molar-refractivity contribution in [2.45, 2.75) is 13.5 Å². The maximum atomic E-state index is 11.4. The molecule has 0 aliphatic rings. The number of hydrogen-bond acceptors (Lipinski definition) is 3. The van der Waals surface area contributed by atoms with Crippen molar-refractivity contribution in [3.8, 4) is 0 Å². The normalized spacial score (nSPS) is 12.1. The van der Waals surface area contributed by atoms with Gasteiger partial charge >= 0.3 is 0 Å². The Morgan fingerprint density at radius 3 is 3.07 bits per heavy atom. The van der Waals surface area contributed by atoms with Crippen LogP contribution in [0.25, 0.3) is 0 Å². The van der Waals surface area contributed by atoms with Gasteiger partial charge in [-0.1, -0.05) is 13.0 Å². The number of aromatic nitrogens is 1. The fraction of sp³-hybridized carbons (Fsp3) is 0.400. The number of nitrogens with zero attached hydrogens (tertiary/aromatic N) is 1. The van der Waals surface area contributed by atoms with Crippen LogP contribution in [0.5, 0.6) is 0 Å². The van der Waals surface area contributed by atoms with E-state index in [0.29, 0.717) is 12.3 Å². The summed E-state index contributed by atoms with van der Waals surface area (Å²) < 4.78 is 0. The van der Waals surface area contributed by atoms with E-state index in [0.717, 1.165) is 5.56 Å². The third-order valence-electron chi connectivity index (χ3n) is 1.91. The molecule has 0 saturated carbocycles. The van der Waals surface area contributed by atoms with E-state index in [-0.39, 0.29) is 11.8 Å². The zero-order valence-electron chi connectivity index (χ0n) is 8.10. The van der Waals surface area contributed by atoms with Crippen molar-refractivity contribution in [3.05, 3.63) is 30.1 Å². The molecule has 1 unspecified atom stereocenters. The van der Waals surface area contributed by atoms with E-state index in [9.17, 15) is 4.79 Å². The van der Waals surface area contributed by atoms with Gasteiger partial charge in [0, 0.05) is 30.6 Å². The average molecular weight is 210 g/mol. The van der Waals surface area contributed by atoms with Crippen molar-refractivity contribution >= 4 is 18.5 Å². The molecule has 1 rings (SSSR count). The van der Waals surface area contributed by atoms with E-state index in [1.54, 1.807) is 12.4 Å². The second-order valence-electron chi connectivity index (χ2n) is 3.16. The molecule has 1 aromatic rings. The van der Waals surface area contributed by atoms with E-state index in [1.807, 2.05) is 19.1 Å². The number of carbonyl (C=O) groups excluding carboxylic acids is 1. The first kappa shape index (κ1) is 11.0. The van der Waals surface area contributed by atoms with Gasteiger partial charge in [-0.05, 0) is 11.6 Å². The monoisotopic (exact) mass is 210 g/mol. The summed E-state index contributed by atoms with van der Waals surface area (Å²) in [5, 5.41) is 2.82. The van der Waals surface area contributed by atoms with Crippen molar-refractivity contribution in [2.24, 2.45) is 5.92 Å². The van der Waals surface area contributed by atoms with Gasteiger partial charge in [-0.25, -0.2) is 0 Å². The first-order valence-electron chi connectivity index (χ1n) is 4.51. The highest BCUT2D eigenvalue weighted by molar-refractivity contribution is 7.80. The number of thiol groups is 1. The highest BCUT2D eigenvalue weighted by Crippen LogP contribution is 1.99. The van der Waals surface area contributed by atoms with Crippen LogP contribution in [0.3, 0.4) is 0 Å². The van der Waals surface area contributed by atoms with Crippen molar-refractivity contribution in [1.82, 2.24) is 10.3 Å². The van der Waals surface area contributed by atoms with Gasteiger partial charge < -0.3 is 5.32 Å². The number of amides is 1. The largest absolute Gasteiger partial charge is 0.352 e. The zero-order chi connectivity index (χ0) is 10.4. The lowest BCUT2D eigenvalue weighted by molar-refractivity contribution is -0.123. The minimum absolute atomic E-state index is 0.0313. The Hall–Kier alpha value is -1.03. The number of nitrogens with one attached hydrogen (secondary N) is 1. The van der Waals surface area contributed by atoms with Crippen LogP contribution in [0, 0.1) is 5.92 Å². The Labute approximate surface area is 89.3 Å². The summed E-state index contributed by atoms with van der Waals surface area (Å²) in [6.07, 6.45) is 3.45. The molecule has 14 heavy (non-hydrogen) atoms. The highest BCUT2D eigenvalue weighted by atomic mass is 32.1. The summed E-state index contributed by atoms with van der Waals surface area (Å²) >= 11 is 4.06. The molecule has 0 spiro atoms. The molecule has 1 atom stereocenters. The Morgan fingerprint density at radius 1 is 1.71 bits per heavy atom. The minimum atomic E-state index is -0.0463.